The number of rotatable bonds is 6. The minimum absolute atomic E-state index is 0.114. The molecule has 0 radical (unpaired) electrons. The standard InChI is InChI=1S/C19H25N3O4S/c1-5-15-11-16(22(21-15)13-25-4)17-12-19(3,9-10-26-17)27(23,24)18-8-6-7-14(2)20-18/h5-8,11,17H,1,9-10,12-13H2,2-4H3. The van der Waals surface area contributed by atoms with Crippen LogP contribution in [0.4, 0.5) is 0 Å². The van der Waals surface area contributed by atoms with Crippen LogP contribution in [0.15, 0.2) is 35.9 Å². The highest BCUT2D eigenvalue weighted by atomic mass is 32.2. The summed E-state index contributed by atoms with van der Waals surface area (Å²) in [7, 11) is -2.04. The zero-order valence-electron chi connectivity index (χ0n) is 15.9. The second kappa shape index (κ2) is 7.53. The molecule has 2 aromatic heterocycles. The minimum Gasteiger partial charge on any atom is -0.372 e. The van der Waals surface area contributed by atoms with E-state index in [1.807, 2.05) is 6.07 Å². The third-order valence-corrected chi connectivity index (χ3v) is 7.42. The van der Waals surface area contributed by atoms with Crippen LogP contribution >= 0.6 is 0 Å². The summed E-state index contributed by atoms with van der Waals surface area (Å²) in [5.74, 6) is 0. The van der Waals surface area contributed by atoms with Crippen molar-refractivity contribution in [3.63, 3.8) is 0 Å². The Morgan fingerprint density at radius 2 is 2.26 bits per heavy atom. The fourth-order valence-corrected chi connectivity index (χ4v) is 5.11. The molecule has 146 valence electrons. The molecule has 1 saturated heterocycles. The zero-order valence-corrected chi connectivity index (χ0v) is 16.7. The van der Waals surface area contributed by atoms with E-state index in [-0.39, 0.29) is 11.8 Å². The van der Waals surface area contributed by atoms with Crippen molar-refractivity contribution in [1.29, 1.82) is 0 Å². The molecule has 0 N–H and O–H groups in total. The van der Waals surface area contributed by atoms with Gasteiger partial charge in [0.05, 0.1) is 16.1 Å². The summed E-state index contributed by atoms with van der Waals surface area (Å²) in [6.45, 7) is 7.90. The average molecular weight is 391 g/mol. The van der Waals surface area contributed by atoms with Gasteiger partial charge in [-0.05, 0) is 51.0 Å². The van der Waals surface area contributed by atoms with Gasteiger partial charge in [-0.1, -0.05) is 12.6 Å². The van der Waals surface area contributed by atoms with E-state index in [4.69, 9.17) is 9.47 Å². The van der Waals surface area contributed by atoms with Crippen LogP contribution in [0.3, 0.4) is 0 Å². The molecule has 0 saturated carbocycles. The van der Waals surface area contributed by atoms with Crippen LogP contribution in [-0.2, 0) is 26.0 Å². The van der Waals surface area contributed by atoms with Crippen LogP contribution in [0.5, 0.6) is 0 Å². The van der Waals surface area contributed by atoms with E-state index < -0.39 is 20.7 Å². The summed E-state index contributed by atoms with van der Waals surface area (Å²) >= 11 is 0. The fraction of sp³-hybridized carbons (Fsp3) is 0.474. The molecule has 0 aliphatic carbocycles. The summed E-state index contributed by atoms with van der Waals surface area (Å²) in [6, 6.07) is 6.93. The van der Waals surface area contributed by atoms with Crippen molar-refractivity contribution in [2.24, 2.45) is 0 Å². The quantitative estimate of drug-likeness (QED) is 0.753. The summed E-state index contributed by atoms with van der Waals surface area (Å²) in [5.41, 5.74) is 2.16. The van der Waals surface area contributed by atoms with Gasteiger partial charge in [-0.3, -0.25) is 0 Å². The largest absolute Gasteiger partial charge is 0.372 e. The van der Waals surface area contributed by atoms with E-state index in [0.29, 0.717) is 30.8 Å². The lowest BCUT2D eigenvalue weighted by Gasteiger charge is -2.37. The Balaban J connectivity index is 1.96. The van der Waals surface area contributed by atoms with Crippen molar-refractivity contribution in [1.82, 2.24) is 14.8 Å². The first-order chi connectivity index (χ1) is 12.8. The Morgan fingerprint density at radius 3 is 2.93 bits per heavy atom. The second-order valence-corrected chi connectivity index (χ2v) is 9.41. The lowest BCUT2D eigenvalue weighted by molar-refractivity contribution is -0.00922. The SMILES string of the molecule is C=Cc1cc(C2CC(C)(S(=O)(=O)c3cccc(C)n3)CCO2)n(COC)n1. The van der Waals surface area contributed by atoms with Crippen LogP contribution in [-0.4, -0.2) is 41.6 Å². The average Bonchev–Trinajstić information content (AvgIpc) is 3.05. The van der Waals surface area contributed by atoms with E-state index >= 15 is 0 Å². The van der Waals surface area contributed by atoms with Crippen LogP contribution in [0.2, 0.25) is 0 Å². The molecule has 0 bridgehead atoms. The molecule has 8 heteroatoms. The normalized spacial score (nSPS) is 23.3. The molecule has 1 aliphatic rings. The number of aromatic nitrogens is 3. The lowest BCUT2D eigenvalue weighted by atomic mass is 9.94. The van der Waals surface area contributed by atoms with Gasteiger partial charge in [0.25, 0.3) is 0 Å². The molecule has 27 heavy (non-hydrogen) atoms. The van der Waals surface area contributed by atoms with E-state index in [2.05, 4.69) is 16.7 Å². The van der Waals surface area contributed by atoms with Gasteiger partial charge in [-0.25, -0.2) is 18.1 Å². The molecule has 0 spiro atoms. The molecule has 2 unspecified atom stereocenters. The van der Waals surface area contributed by atoms with Gasteiger partial charge < -0.3 is 9.47 Å². The number of hydrogen-bond donors (Lipinski definition) is 0. The number of aryl methyl sites for hydroxylation is 1. The Hall–Kier alpha value is -2.03. The van der Waals surface area contributed by atoms with Gasteiger partial charge in [-0.15, -0.1) is 0 Å². The highest BCUT2D eigenvalue weighted by Gasteiger charge is 2.46. The number of nitrogens with zero attached hydrogens (tertiary/aromatic N) is 3. The highest BCUT2D eigenvalue weighted by molar-refractivity contribution is 7.92. The van der Waals surface area contributed by atoms with Crippen molar-refractivity contribution in [3.8, 4) is 0 Å². The summed E-state index contributed by atoms with van der Waals surface area (Å²) in [5, 5.41) is 4.52. The van der Waals surface area contributed by atoms with Gasteiger partial charge in [-0.2, -0.15) is 5.10 Å². The summed E-state index contributed by atoms with van der Waals surface area (Å²) < 4.78 is 38.5. The molecular formula is C19H25N3O4S. The van der Waals surface area contributed by atoms with Crippen molar-refractivity contribution in [2.75, 3.05) is 13.7 Å². The number of sulfone groups is 1. The Kier molecular flexibility index (Phi) is 5.50. The van der Waals surface area contributed by atoms with Crippen molar-refractivity contribution in [3.05, 3.63) is 47.9 Å². The predicted molar refractivity (Wildman–Crippen MR) is 102 cm³/mol. The van der Waals surface area contributed by atoms with Gasteiger partial charge in [0.1, 0.15) is 12.8 Å². The molecular weight excluding hydrogens is 366 g/mol. The molecule has 0 amide bonds. The summed E-state index contributed by atoms with van der Waals surface area (Å²) in [4.78, 5) is 4.25. The van der Waals surface area contributed by atoms with Gasteiger partial charge in [0, 0.05) is 19.4 Å². The molecule has 2 atom stereocenters. The lowest BCUT2D eigenvalue weighted by Crippen LogP contribution is -2.42. The first-order valence-electron chi connectivity index (χ1n) is 8.80. The first kappa shape index (κ1) is 19.7. The number of pyridine rings is 1. The third-order valence-electron chi connectivity index (χ3n) is 4.97. The molecule has 3 rings (SSSR count). The van der Waals surface area contributed by atoms with E-state index in [1.54, 1.807) is 49.9 Å². The van der Waals surface area contributed by atoms with Gasteiger partial charge in [0.15, 0.2) is 5.03 Å². The number of hydrogen-bond acceptors (Lipinski definition) is 6. The van der Waals surface area contributed by atoms with Gasteiger partial charge >= 0.3 is 0 Å². The van der Waals surface area contributed by atoms with Crippen LogP contribution in [0.1, 0.15) is 43.0 Å². The molecule has 2 aromatic rings. The van der Waals surface area contributed by atoms with Crippen molar-refractivity contribution in [2.45, 2.75) is 49.3 Å². The van der Waals surface area contributed by atoms with Crippen LogP contribution in [0.25, 0.3) is 6.08 Å². The highest BCUT2D eigenvalue weighted by Crippen LogP contribution is 2.41. The topological polar surface area (TPSA) is 83.3 Å². The van der Waals surface area contributed by atoms with Gasteiger partial charge in [0.2, 0.25) is 9.84 Å². The van der Waals surface area contributed by atoms with Crippen LogP contribution in [0, 0.1) is 6.92 Å². The smallest absolute Gasteiger partial charge is 0.201 e. The maximum Gasteiger partial charge on any atom is 0.201 e. The molecule has 1 aliphatic heterocycles. The molecule has 1 fully saturated rings. The number of methoxy groups -OCH3 is 1. The maximum absolute atomic E-state index is 13.3. The zero-order chi connectivity index (χ0) is 19.7. The van der Waals surface area contributed by atoms with Crippen LogP contribution < -0.4 is 0 Å². The minimum atomic E-state index is -3.62. The fourth-order valence-electron chi connectivity index (χ4n) is 3.36. The van der Waals surface area contributed by atoms with Crippen molar-refractivity contribution >= 4 is 15.9 Å². The second-order valence-electron chi connectivity index (χ2n) is 7.00. The Labute approximate surface area is 159 Å². The molecule has 0 aromatic carbocycles. The Morgan fingerprint density at radius 1 is 1.48 bits per heavy atom. The van der Waals surface area contributed by atoms with E-state index in [0.717, 1.165) is 5.69 Å². The first-order valence-corrected chi connectivity index (χ1v) is 10.3. The monoisotopic (exact) mass is 391 g/mol. The Bertz CT molecular complexity index is 938. The van der Waals surface area contributed by atoms with E-state index in [9.17, 15) is 8.42 Å². The third kappa shape index (κ3) is 3.69. The predicted octanol–water partition coefficient (Wildman–Crippen LogP) is 2.92. The van der Waals surface area contributed by atoms with Crippen molar-refractivity contribution < 1.29 is 17.9 Å². The maximum atomic E-state index is 13.3. The molecule has 7 nitrogen and oxygen atoms in total. The van der Waals surface area contributed by atoms with E-state index in [1.165, 1.54) is 0 Å². The molecule has 3 heterocycles. The summed E-state index contributed by atoms with van der Waals surface area (Å²) in [6.07, 6.45) is 1.97. The number of ether oxygens (including phenoxy) is 2.